The number of aromatic nitrogens is 8. The number of nitrogens with two attached hydrogens (primary N) is 2. The number of H-pyrrole nitrogens is 1. The minimum Gasteiger partial charge on any atom is -0.388 e. The van der Waals surface area contributed by atoms with Crippen molar-refractivity contribution in [3.63, 3.8) is 0 Å². The average Bonchev–Trinajstić information content (AvgIpc) is 3.69. The third kappa shape index (κ3) is 4.45. The molecule has 0 aliphatic carbocycles. The van der Waals surface area contributed by atoms with Crippen LogP contribution in [0.2, 0.25) is 0 Å². The van der Waals surface area contributed by atoms with Crippen LogP contribution < -0.4 is 17.0 Å². The fourth-order valence-corrected chi connectivity index (χ4v) is 6.86. The van der Waals surface area contributed by atoms with Gasteiger partial charge in [0.15, 0.2) is 35.1 Å². The normalized spacial score (nSPS) is 35.7. The van der Waals surface area contributed by atoms with Gasteiger partial charge in [-0.25, -0.2) is 24.5 Å². The summed E-state index contributed by atoms with van der Waals surface area (Å²) >= 11 is 0. The molecule has 3 aliphatic heterocycles. The molecular weight excluding hydrogens is 579 g/mol. The number of nitrogens with zero attached hydrogens (tertiary/aromatic N) is 7. The molecular formula is C22H27N10O9P. The Hall–Kier alpha value is -3.55. The lowest BCUT2D eigenvalue weighted by Gasteiger charge is -2.26. The Bertz CT molecular complexity index is 1760. The summed E-state index contributed by atoms with van der Waals surface area (Å²) in [6.07, 6.45) is -2.49. The Kier molecular flexibility index (Phi) is 6.51. The quantitative estimate of drug-likeness (QED) is 0.148. The average molecular weight is 606 g/mol. The van der Waals surface area contributed by atoms with Crippen molar-refractivity contribution in [2.45, 2.75) is 62.2 Å². The van der Waals surface area contributed by atoms with E-state index < -0.39 is 68.9 Å². The second kappa shape index (κ2) is 10.0. The third-order valence-electron chi connectivity index (χ3n) is 7.90. The molecule has 0 aromatic carbocycles. The maximum absolute atomic E-state index is 13.1. The summed E-state index contributed by atoms with van der Waals surface area (Å²) in [5, 5.41) is 22.4. The molecule has 4 aromatic heterocycles. The fourth-order valence-electron chi connectivity index (χ4n) is 5.93. The van der Waals surface area contributed by atoms with Crippen molar-refractivity contribution < 1.29 is 38.2 Å². The molecule has 3 aliphatic rings. The van der Waals surface area contributed by atoms with Gasteiger partial charge in [0.2, 0.25) is 5.95 Å². The van der Waals surface area contributed by atoms with Gasteiger partial charge in [-0.2, -0.15) is 4.98 Å². The number of aliphatic hydroxyl groups is 2. The number of ether oxygens (including phenoxy) is 2. The number of hydrogen-bond acceptors (Lipinski definition) is 15. The van der Waals surface area contributed by atoms with Gasteiger partial charge >= 0.3 is 7.82 Å². The van der Waals surface area contributed by atoms with E-state index in [4.69, 9.17) is 30.0 Å². The molecule has 7 heterocycles. The molecule has 224 valence electrons. The molecule has 3 unspecified atom stereocenters. The lowest BCUT2D eigenvalue weighted by molar-refractivity contribution is -0.0568. The van der Waals surface area contributed by atoms with E-state index in [0.29, 0.717) is 30.4 Å². The summed E-state index contributed by atoms with van der Waals surface area (Å²) in [5.41, 5.74) is 11.7. The van der Waals surface area contributed by atoms with Crippen LogP contribution in [0.25, 0.3) is 22.3 Å². The highest BCUT2D eigenvalue weighted by atomic mass is 31.2. The van der Waals surface area contributed by atoms with Crippen molar-refractivity contribution in [1.29, 1.82) is 0 Å². The van der Waals surface area contributed by atoms with Crippen LogP contribution in [-0.2, 0) is 23.1 Å². The van der Waals surface area contributed by atoms with Gasteiger partial charge < -0.3 is 36.0 Å². The molecule has 0 spiro atoms. The second-order valence-corrected chi connectivity index (χ2v) is 11.8. The number of phosphoric ester groups is 1. The SMILES string of the molecule is Nc1nc2c(ncn2[C@@H]2OC3CCC[C@@H]4C(COP(=O)(O)O[C@@H]2[C@@H]3O)O[C@@H](n2cnc3c(N)ncnc32)[C@@H]4O)c(=O)[nH]1. The van der Waals surface area contributed by atoms with E-state index in [9.17, 15) is 24.5 Å². The van der Waals surface area contributed by atoms with Crippen molar-refractivity contribution in [1.82, 2.24) is 39.0 Å². The standard InChI is InChI=1S/C22H27N10O9P/c23-16-11-17(26-5-25-16)31(6-27-11)20-13(33)8-2-1-3-9-14(34)15(41-42(36,37)38-4-10(8)40-20)21(39-9)32-7-28-12-18(32)29-22(24)30-19(12)35/h5-10,13-15,20-21,33-34H,1-4H2,(H,36,37)(H2,23,25,26)(H3,24,29,30,35)/t8-,9?,10?,13-,14-,15-,20-,21-/m1/s1. The number of phosphoric acid groups is 1. The first-order valence-corrected chi connectivity index (χ1v) is 14.6. The first-order chi connectivity index (χ1) is 20.1. The van der Waals surface area contributed by atoms with Gasteiger partial charge in [-0.1, -0.05) is 6.42 Å². The second-order valence-electron chi connectivity index (χ2n) is 10.4. The molecule has 8 N–H and O–H groups in total. The number of aliphatic hydroxyl groups excluding tert-OH is 2. The zero-order valence-corrected chi connectivity index (χ0v) is 22.6. The predicted octanol–water partition coefficient (Wildman–Crippen LogP) is -1.06. The highest BCUT2D eigenvalue weighted by Crippen LogP contribution is 2.51. The molecule has 0 saturated carbocycles. The topological polar surface area (TPSA) is 274 Å². The number of nitrogens with one attached hydrogen (secondary N) is 1. The van der Waals surface area contributed by atoms with Crippen molar-refractivity contribution in [2.75, 3.05) is 18.1 Å². The fraction of sp³-hybridized carbons (Fsp3) is 0.545. The Morgan fingerprint density at radius 1 is 0.952 bits per heavy atom. The zero-order chi connectivity index (χ0) is 29.3. The van der Waals surface area contributed by atoms with Crippen molar-refractivity contribution in [3.8, 4) is 0 Å². The van der Waals surface area contributed by atoms with Crippen LogP contribution in [0.15, 0.2) is 23.8 Å². The van der Waals surface area contributed by atoms with Crippen molar-refractivity contribution in [3.05, 3.63) is 29.3 Å². The van der Waals surface area contributed by atoms with Gasteiger partial charge in [0.25, 0.3) is 5.56 Å². The number of nitrogen functional groups attached to an aromatic ring is 2. The smallest absolute Gasteiger partial charge is 0.388 e. The first kappa shape index (κ1) is 27.3. The molecule has 19 nitrogen and oxygen atoms in total. The largest absolute Gasteiger partial charge is 0.472 e. The maximum Gasteiger partial charge on any atom is 0.472 e. The summed E-state index contributed by atoms with van der Waals surface area (Å²) in [7, 11) is -4.84. The van der Waals surface area contributed by atoms with E-state index in [0.717, 1.165) is 0 Å². The number of hydrogen-bond donors (Lipinski definition) is 6. The molecule has 0 amide bonds. The number of fused-ring (bicyclic) bond motifs is 5. The van der Waals surface area contributed by atoms with Gasteiger partial charge in [0.05, 0.1) is 31.5 Å². The Morgan fingerprint density at radius 2 is 1.69 bits per heavy atom. The molecule has 0 radical (unpaired) electrons. The van der Waals surface area contributed by atoms with Crippen LogP contribution >= 0.6 is 7.82 Å². The van der Waals surface area contributed by atoms with Gasteiger partial charge in [-0.05, 0) is 12.8 Å². The van der Waals surface area contributed by atoms with Crippen LogP contribution in [0.3, 0.4) is 0 Å². The van der Waals surface area contributed by atoms with E-state index in [1.54, 1.807) is 0 Å². The Balaban J connectivity index is 1.17. The van der Waals surface area contributed by atoms with Crippen LogP contribution in [0, 0.1) is 5.92 Å². The Labute approximate surface area is 235 Å². The lowest BCUT2D eigenvalue weighted by atomic mass is 9.91. The molecule has 3 saturated heterocycles. The lowest BCUT2D eigenvalue weighted by Crippen LogP contribution is -2.35. The van der Waals surface area contributed by atoms with E-state index in [-0.39, 0.29) is 22.9 Å². The number of imidazole rings is 2. The molecule has 42 heavy (non-hydrogen) atoms. The van der Waals surface area contributed by atoms with Gasteiger partial charge in [0, 0.05) is 5.92 Å². The predicted molar refractivity (Wildman–Crippen MR) is 140 cm³/mol. The van der Waals surface area contributed by atoms with Gasteiger partial charge in [-0.15, -0.1) is 0 Å². The van der Waals surface area contributed by atoms with E-state index in [1.807, 2.05) is 0 Å². The summed E-state index contributed by atoms with van der Waals surface area (Å²) in [6, 6.07) is 0. The number of rotatable bonds is 2. The van der Waals surface area contributed by atoms with Crippen LogP contribution in [0.1, 0.15) is 31.7 Å². The maximum atomic E-state index is 13.1. The molecule has 4 aromatic rings. The minimum absolute atomic E-state index is 0.0388. The van der Waals surface area contributed by atoms with E-state index in [2.05, 4.69) is 29.9 Å². The van der Waals surface area contributed by atoms with E-state index >= 15 is 0 Å². The number of anilines is 2. The van der Waals surface area contributed by atoms with Crippen molar-refractivity contribution >= 4 is 41.9 Å². The van der Waals surface area contributed by atoms with Crippen LogP contribution in [0.4, 0.5) is 11.8 Å². The summed E-state index contributed by atoms with van der Waals surface area (Å²) < 4.78 is 39.0. The van der Waals surface area contributed by atoms with Crippen LogP contribution in [-0.4, -0.2) is 91.3 Å². The molecule has 3 fully saturated rings. The monoisotopic (exact) mass is 606 g/mol. The van der Waals surface area contributed by atoms with Crippen molar-refractivity contribution in [2.24, 2.45) is 5.92 Å². The zero-order valence-electron chi connectivity index (χ0n) is 21.7. The molecule has 7 rings (SSSR count). The van der Waals surface area contributed by atoms with Gasteiger partial charge in [-0.3, -0.25) is 28.0 Å². The van der Waals surface area contributed by atoms with Gasteiger partial charge in [0.1, 0.15) is 30.2 Å². The minimum atomic E-state index is -4.84. The summed E-state index contributed by atoms with van der Waals surface area (Å²) in [6.45, 7) is -0.408. The van der Waals surface area contributed by atoms with E-state index in [1.165, 1.54) is 28.1 Å². The van der Waals surface area contributed by atoms with Crippen LogP contribution in [0.5, 0.6) is 0 Å². The molecule has 20 heteroatoms. The molecule has 2 bridgehead atoms. The first-order valence-electron chi connectivity index (χ1n) is 13.1. The third-order valence-corrected chi connectivity index (χ3v) is 8.89. The highest BCUT2D eigenvalue weighted by molar-refractivity contribution is 7.47. The summed E-state index contributed by atoms with van der Waals surface area (Å²) in [5.74, 6) is -0.541. The summed E-state index contributed by atoms with van der Waals surface area (Å²) in [4.78, 5) is 45.8. The number of aromatic amines is 1. The highest BCUT2D eigenvalue weighted by Gasteiger charge is 2.51. The Morgan fingerprint density at radius 3 is 2.50 bits per heavy atom. The molecule has 9 atom stereocenters.